The summed E-state index contributed by atoms with van der Waals surface area (Å²) in [5.41, 5.74) is 1.44. The van der Waals surface area contributed by atoms with E-state index in [-0.39, 0.29) is 24.0 Å². The smallest absolute Gasteiger partial charge is 0.0479 e. The highest BCUT2D eigenvalue weighted by molar-refractivity contribution is 14.1. The van der Waals surface area contributed by atoms with Gasteiger partial charge in [-0.2, -0.15) is 0 Å². The molecule has 0 fully saturated rings. The van der Waals surface area contributed by atoms with Crippen LogP contribution in [0.2, 0.25) is 0 Å². The van der Waals surface area contributed by atoms with Gasteiger partial charge in [-0.3, -0.25) is 0 Å². The standard InChI is InChI=1S/C10H14IN.C2H6.HI/c11-9-12-8-4-7-10-5-2-1-3-6-10;1-2;/h1-3,5-6,12H,4,7-9H2;1-2H3;1H. The van der Waals surface area contributed by atoms with E-state index in [9.17, 15) is 0 Å². The maximum absolute atomic E-state index is 3.31. The Kier molecular flexibility index (Phi) is 17.6. The molecule has 1 rings (SSSR count). The molecule has 0 heterocycles. The quantitative estimate of drug-likeness (QED) is 0.317. The monoisotopic (exact) mass is 433 g/mol. The lowest BCUT2D eigenvalue weighted by molar-refractivity contribution is 0.719. The third kappa shape index (κ3) is 10.9. The summed E-state index contributed by atoms with van der Waals surface area (Å²) >= 11 is 2.33. The van der Waals surface area contributed by atoms with Gasteiger partial charge in [-0.1, -0.05) is 66.8 Å². The van der Waals surface area contributed by atoms with Crippen molar-refractivity contribution < 1.29 is 0 Å². The number of aryl methyl sites for hydroxylation is 1. The molecule has 0 radical (unpaired) electrons. The highest BCUT2D eigenvalue weighted by atomic mass is 127. The van der Waals surface area contributed by atoms with Crippen LogP contribution in [0.15, 0.2) is 30.3 Å². The van der Waals surface area contributed by atoms with Gasteiger partial charge in [0.1, 0.15) is 0 Å². The minimum Gasteiger partial charge on any atom is -0.308 e. The van der Waals surface area contributed by atoms with Gasteiger partial charge in [0.2, 0.25) is 0 Å². The van der Waals surface area contributed by atoms with Crippen LogP contribution in [0.25, 0.3) is 0 Å². The predicted molar refractivity (Wildman–Crippen MR) is 88.4 cm³/mol. The molecule has 0 aliphatic rings. The molecule has 0 amide bonds. The predicted octanol–water partition coefficient (Wildman–Crippen LogP) is 4.25. The Morgan fingerprint density at radius 1 is 1.13 bits per heavy atom. The highest BCUT2D eigenvalue weighted by Crippen LogP contribution is 2.01. The Hall–Kier alpha value is 0.640. The maximum atomic E-state index is 3.31. The lowest BCUT2D eigenvalue weighted by Crippen LogP contribution is -2.12. The van der Waals surface area contributed by atoms with Gasteiger partial charge >= 0.3 is 0 Å². The van der Waals surface area contributed by atoms with Crippen molar-refractivity contribution in [3.05, 3.63) is 35.9 Å². The Morgan fingerprint density at radius 2 is 1.73 bits per heavy atom. The van der Waals surface area contributed by atoms with Crippen molar-refractivity contribution in [3.8, 4) is 0 Å². The first-order chi connectivity index (χ1) is 6.93. The first-order valence-corrected chi connectivity index (χ1v) is 6.76. The van der Waals surface area contributed by atoms with Crippen molar-refractivity contribution in [2.24, 2.45) is 0 Å². The van der Waals surface area contributed by atoms with Crippen LogP contribution in [-0.4, -0.2) is 11.1 Å². The molecule has 1 nitrogen and oxygen atoms in total. The summed E-state index contributed by atoms with van der Waals surface area (Å²) in [6.07, 6.45) is 2.41. The molecular weight excluding hydrogens is 412 g/mol. The van der Waals surface area contributed by atoms with Gasteiger partial charge in [-0.05, 0) is 24.9 Å². The summed E-state index contributed by atoms with van der Waals surface area (Å²) < 4.78 is 1.05. The highest BCUT2D eigenvalue weighted by Gasteiger charge is 1.90. The lowest BCUT2D eigenvalue weighted by atomic mass is 10.1. The molecular formula is C12H21I2N. The topological polar surface area (TPSA) is 12.0 Å². The van der Waals surface area contributed by atoms with Crippen molar-refractivity contribution in [2.45, 2.75) is 26.7 Å². The van der Waals surface area contributed by atoms with Gasteiger partial charge in [0.05, 0.1) is 0 Å². The Bertz CT molecular complexity index is 202. The summed E-state index contributed by atoms with van der Waals surface area (Å²) in [7, 11) is 0. The zero-order chi connectivity index (χ0) is 10.6. The number of alkyl halides is 1. The fourth-order valence-corrected chi connectivity index (χ4v) is 1.51. The van der Waals surface area contributed by atoms with E-state index in [4.69, 9.17) is 0 Å². The Labute approximate surface area is 125 Å². The fraction of sp³-hybridized carbons (Fsp3) is 0.500. The molecule has 0 aliphatic heterocycles. The average Bonchev–Trinajstić information content (AvgIpc) is 2.29. The summed E-state index contributed by atoms with van der Waals surface area (Å²) in [5, 5.41) is 3.31. The molecule has 88 valence electrons. The van der Waals surface area contributed by atoms with Gasteiger partial charge in [-0.25, -0.2) is 0 Å². The average molecular weight is 433 g/mol. The minimum atomic E-state index is 0. The Morgan fingerprint density at radius 3 is 2.27 bits per heavy atom. The number of halogens is 2. The summed E-state index contributed by atoms with van der Waals surface area (Å²) in [6.45, 7) is 5.12. The largest absolute Gasteiger partial charge is 0.308 e. The molecule has 1 aromatic rings. The first-order valence-electron chi connectivity index (χ1n) is 5.24. The SMILES string of the molecule is CC.I.ICNCCCc1ccccc1. The lowest BCUT2D eigenvalue weighted by Gasteiger charge is -2.00. The number of benzene rings is 1. The first kappa shape index (κ1) is 18.0. The van der Waals surface area contributed by atoms with Crippen LogP contribution < -0.4 is 5.32 Å². The number of rotatable bonds is 5. The van der Waals surface area contributed by atoms with E-state index in [1.165, 1.54) is 18.4 Å². The molecule has 0 saturated carbocycles. The molecule has 0 spiro atoms. The summed E-state index contributed by atoms with van der Waals surface area (Å²) in [6, 6.07) is 10.6. The van der Waals surface area contributed by atoms with Crippen molar-refractivity contribution in [1.82, 2.24) is 5.32 Å². The molecule has 1 aromatic carbocycles. The van der Waals surface area contributed by atoms with Crippen LogP contribution in [0.5, 0.6) is 0 Å². The molecule has 0 aromatic heterocycles. The van der Waals surface area contributed by atoms with Crippen LogP contribution >= 0.6 is 46.6 Å². The van der Waals surface area contributed by atoms with Gasteiger partial charge in [0.25, 0.3) is 0 Å². The molecule has 0 bridgehead atoms. The molecule has 15 heavy (non-hydrogen) atoms. The van der Waals surface area contributed by atoms with Crippen LogP contribution in [0, 0.1) is 0 Å². The second-order valence-corrected chi connectivity index (χ2v) is 3.49. The summed E-state index contributed by atoms with van der Waals surface area (Å²) in [5.74, 6) is 0. The second kappa shape index (κ2) is 14.6. The third-order valence-electron chi connectivity index (χ3n) is 1.76. The van der Waals surface area contributed by atoms with Crippen LogP contribution in [0.3, 0.4) is 0 Å². The van der Waals surface area contributed by atoms with Gasteiger partial charge in [-0.15, -0.1) is 24.0 Å². The maximum Gasteiger partial charge on any atom is 0.0479 e. The summed E-state index contributed by atoms with van der Waals surface area (Å²) in [4.78, 5) is 0. The van der Waals surface area contributed by atoms with E-state index in [1.807, 2.05) is 13.8 Å². The molecule has 0 saturated heterocycles. The van der Waals surface area contributed by atoms with Crippen LogP contribution in [0.1, 0.15) is 25.8 Å². The Balaban J connectivity index is 0. The third-order valence-corrected chi connectivity index (χ3v) is 2.30. The van der Waals surface area contributed by atoms with E-state index in [0.29, 0.717) is 0 Å². The molecule has 1 N–H and O–H groups in total. The van der Waals surface area contributed by atoms with Crippen molar-refractivity contribution >= 4 is 46.6 Å². The van der Waals surface area contributed by atoms with Crippen LogP contribution in [0.4, 0.5) is 0 Å². The number of nitrogens with one attached hydrogen (secondary N) is 1. The van der Waals surface area contributed by atoms with Gasteiger partial charge in [0, 0.05) is 4.55 Å². The molecule has 0 unspecified atom stereocenters. The van der Waals surface area contributed by atoms with Crippen molar-refractivity contribution in [3.63, 3.8) is 0 Å². The minimum absolute atomic E-state index is 0. The molecule has 0 atom stereocenters. The van der Waals surface area contributed by atoms with Gasteiger partial charge < -0.3 is 5.32 Å². The van der Waals surface area contributed by atoms with E-state index in [1.54, 1.807) is 0 Å². The normalized spacial score (nSPS) is 8.47. The van der Waals surface area contributed by atoms with E-state index >= 15 is 0 Å². The second-order valence-electron chi connectivity index (χ2n) is 2.72. The van der Waals surface area contributed by atoms with Crippen molar-refractivity contribution in [1.29, 1.82) is 0 Å². The molecule has 0 aliphatic carbocycles. The van der Waals surface area contributed by atoms with E-state index in [2.05, 4.69) is 58.2 Å². The van der Waals surface area contributed by atoms with E-state index < -0.39 is 0 Å². The van der Waals surface area contributed by atoms with Crippen molar-refractivity contribution in [2.75, 3.05) is 11.1 Å². The van der Waals surface area contributed by atoms with Crippen LogP contribution in [-0.2, 0) is 6.42 Å². The number of hydrogen-bond acceptors (Lipinski definition) is 1. The number of hydrogen-bond donors (Lipinski definition) is 1. The zero-order valence-corrected chi connectivity index (χ0v) is 14.0. The van der Waals surface area contributed by atoms with Gasteiger partial charge in [0.15, 0.2) is 0 Å². The van der Waals surface area contributed by atoms with E-state index in [0.717, 1.165) is 11.1 Å². The zero-order valence-electron chi connectivity index (χ0n) is 9.50. The fourth-order valence-electron chi connectivity index (χ4n) is 1.13. The molecule has 3 heteroatoms.